The van der Waals surface area contributed by atoms with Gasteiger partial charge in [0.05, 0.1) is 28.8 Å². The maximum absolute atomic E-state index is 14.9. The lowest BCUT2D eigenvalue weighted by atomic mass is 9.96. The molecule has 5 rings (SSSR count). The first-order valence-electron chi connectivity index (χ1n) is 12.8. The number of hydrogen-bond acceptors (Lipinski definition) is 8. The molecular weight excluding hydrogens is 577 g/mol. The number of para-hydroxylation sites is 1. The van der Waals surface area contributed by atoms with Crippen molar-refractivity contribution < 1.29 is 22.7 Å². The number of piperidine rings is 1. The number of hydrogen-bond donors (Lipinski definition) is 2. The lowest BCUT2D eigenvalue weighted by Gasteiger charge is -2.37. The molecule has 41 heavy (non-hydrogen) atoms. The number of benzene rings is 2. The molecule has 2 aromatic carbocycles. The largest absolute Gasteiger partial charge is 0.455 e. The monoisotopic (exact) mass is 602 g/mol. The van der Waals surface area contributed by atoms with Crippen LogP contribution in [-0.4, -0.2) is 47.8 Å². The molecule has 0 spiro atoms. The molecule has 1 saturated heterocycles. The van der Waals surface area contributed by atoms with Crippen molar-refractivity contribution in [3.63, 3.8) is 0 Å². The highest BCUT2D eigenvalue weighted by Crippen LogP contribution is 2.49. The fourth-order valence-electron chi connectivity index (χ4n) is 4.84. The Hall–Kier alpha value is -3.74. The van der Waals surface area contributed by atoms with Crippen LogP contribution in [0.1, 0.15) is 28.9 Å². The average Bonchev–Trinajstić information content (AvgIpc) is 3.46. The fraction of sp³-hybridized carbons (Fsp3) is 0.286. The summed E-state index contributed by atoms with van der Waals surface area (Å²) in [6.07, 6.45) is -0.202. The molecule has 1 aliphatic rings. The van der Waals surface area contributed by atoms with Crippen LogP contribution in [0.3, 0.4) is 0 Å². The average molecular weight is 603 g/mol. The summed E-state index contributed by atoms with van der Waals surface area (Å²) in [6.45, 7) is 1.41. The van der Waals surface area contributed by atoms with Crippen LogP contribution in [-0.2, 0) is 6.18 Å². The van der Waals surface area contributed by atoms with Crippen molar-refractivity contribution in [2.24, 2.45) is 5.92 Å². The predicted octanol–water partition coefficient (Wildman–Crippen LogP) is 6.75. The molecule has 0 unspecified atom stereocenters. The van der Waals surface area contributed by atoms with E-state index in [2.05, 4.69) is 25.8 Å². The lowest BCUT2D eigenvalue weighted by molar-refractivity contribution is -0.138. The van der Waals surface area contributed by atoms with Gasteiger partial charge in [0, 0.05) is 24.0 Å². The molecule has 4 aromatic rings. The molecular formula is C28H26ClF3N6O2S. The second kappa shape index (κ2) is 12.4. The molecule has 214 valence electrons. The molecule has 0 aliphatic carbocycles. The van der Waals surface area contributed by atoms with Gasteiger partial charge < -0.3 is 20.3 Å². The second-order valence-electron chi connectivity index (χ2n) is 9.50. The van der Waals surface area contributed by atoms with E-state index in [9.17, 15) is 18.0 Å². The Bertz CT molecular complexity index is 1520. The number of nitrogens with zero attached hydrogens (tertiary/aromatic N) is 4. The van der Waals surface area contributed by atoms with E-state index in [1.54, 1.807) is 28.5 Å². The van der Waals surface area contributed by atoms with E-state index in [0.717, 1.165) is 6.42 Å². The number of nitrogens with one attached hydrogen (secondary N) is 2. The van der Waals surface area contributed by atoms with Gasteiger partial charge in [-0.25, -0.2) is 4.98 Å². The molecule has 13 heteroatoms. The highest BCUT2D eigenvalue weighted by Gasteiger charge is 2.41. The van der Waals surface area contributed by atoms with Crippen molar-refractivity contribution in [1.29, 1.82) is 0 Å². The normalized spacial score (nSPS) is 15.5. The Morgan fingerprint density at radius 2 is 2.00 bits per heavy atom. The van der Waals surface area contributed by atoms with Crippen molar-refractivity contribution >= 4 is 40.2 Å². The van der Waals surface area contributed by atoms with E-state index < -0.39 is 23.4 Å². The number of halogens is 4. The Balaban J connectivity index is 1.56. The lowest BCUT2D eigenvalue weighted by Crippen LogP contribution is -2.40. The van der Waals surface area contributed by atoms with Crippen LogP contribution in [0.15, 0.2) is 60.2 Å². The van der Waals surface area contributed by atoms with Crippen LogP contribution in [0.4, 0.5) is 24.5 Å². The topological polar surface area (TPSA) is 92.3 Å². The SMILES string of the molecule is CNC[C@@H]1CCCN(c2c(NC(=O)c3csc(-c4ccnnc4)n3)ccc(Oc3ccccc3Cl)c2C(F)(F)F)C1. The third-order valence-electron chi connectivity index (χ3n) is 6.62. The summed E-state index contributed by atoms with van der Waals surface area (Å²) in [6, 6.07) is 10.7. The summed E-state index contributed by atoms with van der Waals surface area (Å²) in [5.74, 6) is -0.820. The third kappa shape index (κ3) is 6.61. The van der Waals surface area contributed by atoms with Gasteiger partial charge in [-0.1, -0.05) is 23.7 Å². The maximum Gasteiger partial charge on any atom is 0.422 e. The zero-order chi connectivity index (χ0) is 29.0. The minimum atomic E-state index is -4.80. The number of carbonyl (C=O) groups is 1. The van der Waals surface area contributed by atoms with Gasteiger partial charge in [-0.3, -0.25) is 4.79 Å². The minimum Gasteiger partial charge on any atom is -0.455 e. The first kappa shape index (κ1) is 28.8. The van der Waals surface area contributed by atoms with E-state index >= 15 is 0 Å². The van der Waals surface area contributed by atoms with Crippen molar-refractivity contribution in [3.05, 3.63) is 76.5 Å². The maximum atomic E-state index is 14.9. The molecule has 1 amide bonds. The number of anilines is 2. The van der Waals surface area contributed by atoms with E-state index in [1.807, 2.05) is 7.05 Å². The van der Waals surface area contributed by atoms with Gasteiger partial charge in [0.1, 0.15) is 27.8 Å². The van der Waals surface area contributed by atoms with E-state index in [4.69, 9.17) is 16.3 Å². The zero-order valence-electron chi connectivity index (χ0n) is 21.9. The minimum absolute atomic E-state index is 0.0130. The van der Waals surface area contributed by atoms with Gasteiger partial charge in [-0.2, -0.15) is 23.4 Å². The van der Waals surface area contributed by atoms with Gasteiger partial charge >= 0.3 is 6.18 Å². The van der Waals surface area contributed by atoms with E-state index in [1.165, 1.54) is 48.0 Å². The van der Waals surface area contributed by atoms with Crippen molar-refractivity contribution in [3.8, 4) is 22.1 Å². The number of thiazole rings is 1. The summed E-state index contributed by atoms with van der Waals surface area (Å²) < 4.78 is 50.3. The molecule has 3 heterocycles. The highest BCUT2D eigenvalue weighted by molar-refractivity contribution is 7.13. The Morgan fingerprint density at radius 3 is 2.73 bits per heavy atom. The molecule has 0 saturated carbocycles. The van der Waals surface area contributed by atoms with Gasteiger partial charge in [-0.15, -0.1) is 11.3 Å². The number of aromatic nitrogens is 3. The van der Waals surface area contributed by atoms with Crippen molar-refractivity contribution in [2.45, 2.75) is 19.0 Å². The van der Waals surface area contributed by atoms with E-state index in [-0.39, 0.29) is 33.8 Å². The van der Waals surface area contributed by atoms with Gasteiger partial charge in [0.2, 0.25) is 0 Å². The van der Waals surface area contributed by atoms with Crippen LogP contribution in [0.5, 0.6) is 11.5 Å². The first-order chi connectivity index (χ1) is 19.7. The van der Waals surface area contributed by atoms with Crippen molar-refractivity contribution in [1.82, 2.24) is 20.5 Å². The third-order valence-corrected chi connectivity index (χ3v) is 7.83. The molecule has 8 nitrogen and oxygen atoms in total. The number of alkyl halides is 3. The predicted molar refractivity (Wildman–Crippen MR) is 153 cm³/mol. The van der Waals surface area contributed by atoms with Crippen molar-refractivity contribution in [2.75, 3.05) is 36.9 Å². The molecule has 2 aromatic heterocycles. The molecule has 1 fully saturated rings. The molecule has 1 aliphatic heterocycles. The molecule has 0 bridgehead atoms. The van der Waals surface area contributed by atoms with Crippen LogP contribution in [0, 0.1) is 5.92 Å². The number of rotatable bonds is 8. The standard InChI is InChI=1S/C28H26ClF3N6O2S/c1-33-13-17-5-4-12-38(15-17)25-20(36-26(39)21-16-41-27(37-21)18-10-11-34-35-14-18)8-9-23(24(25)28(30,31)32)40-22-7-3-2-6-19(22)29/h2-3,6-11,14,16-17,33H,4-5,12-13,15H2,1H3,(H,36,39)/t17-/m0/s1. The Morgan fingerprint density at radius 1 is 1.17 bits per heavy atom. The fourth-order valence-corrected chi connectivity index (χ4v) is 5.81. The molecule has 2 N–H and O–H groups in total. The molecule has 0 radical (unpaired) electrons. The summed E-state index contributed by atoms with van der Waals surface area (Å²) >= 11 is 7.43. The van der Waals surface area contributed by atoms with Gasteiger partial charge in [-0.05, 0) is 62.7 Å². The van der Waals surface area contributed by atoms with Gasteiger partial charge in [0.15, 0.2) is 0 Å². The van der Waals surface area contributed by atoms with Gasteiger partial charge in [0.25, 0.3) is 5.91 Å². The number of amides is 1. The Labute approximate surface area is 243 Å². The number of ether oxygens (including phenoxy) is 1. The second-order valence-corrected chi connectivity index (χ2v) is 10.8. The van der Waals surface area contributed by atoms with Crippen LogP contribution >= 0.6 is 22.9 Å². The summed E-state index contributed by atoms with van der Waals surface area (Å²) in [7, 11) is 1.81. The van der Waals surface area contributed by atoms with Crippen LogP contribution in [0.2, 0.25) is 5.02 Å². The smallest absolute Gasteiger partial charge is 0.422 e. The summed E-state index contributed by atoms with van der Waals surface area (Å²) in [4.78, 5) is 19.3. The molecule has 1 atom stereocenters. The van der Waals surface area contributed by atoms with Crippen LogP contribution < -0.4 is 20.3 Å². The summed E-state index contributed by atoms with van der Waals surface area (Å²) in [5.41, 5.74) is -0.371. The van der Waals surface area contributed by atoms with E-state index in [0.29, 0.717) is 36.6 Å². The summed E-state index contributed by atoms with van der Waals surface area (Å²) in [5, 5.41) is 15.6. The van der Waals surface area contributed by atoms with Crippen LogP contribution in [0.25, 0.3) is 10.6 Å². The number of carbonyl (C=O) groups excluding carboxylic acids is 1. The first-order valence-corrected chi connectivity index (χ1v) is 14.1. The quantitative estimate of drug-likeness (QED) is 0.230. The highest BCUT2D eigenvalue weighted by atomic mass is 35.5. The Kier molecular flexibility index (Phi) is 8.71. The zero-order valence-corrected chi connectivity index (χ0v) is 23.5.